The average molecular weight is 374 g/mol. The zero-order valence-electron chi connectivity index (χ0n) is 16.4. The van der Waals surface area contributed by atoms with E-state index in [1.807, 2.05) is 49.5 Å². The van der Waals surface area contributed by atoms with Gasteiger partial charge in [0.05, 0.1) is 0 Å². The fourth-order valence-electron chi connectivity index (χ4n) is 2.98. The highest BCUT2D eigenvalue weighted by Gasteiger charge is 2.04. The smallest absolute Gasteiger partial charge is 0.216 e. The summed E-state index contributed by atoms with van der Waals surface area (Å²) in [5.74, 6) is 0.817. The molecule has 3 rings (SSSR count). The number of rotatable bonds is 8. The van der Waals surface area contributed by atoms with Gasteiger partial charge in [0.1, 0.15) is 12.4 Å². The number of benzene rings is 3. The maximum atomic E-state index is 11.0. The minimum atomic E-state index is -0.0109. The minimum Gasteiger partial charge on any atom is -0.489 e. The Morgan fingerprint density at radius 2 is 1.68 bits per heavy atom. The molecule has 0 atom stereocenters. The molecule has 3 aromatic carbocycles. The number of ether oxygens (including phenoxy) is 1. The lowest BCUT2D eigenvalue weighted by Gasteiger charge is -2.20. The van der Waals surface area contributed by atoms with Gasteiger partial charge in [-0.25, -0.2) is 0 Å². The van der Waals surface area contributed by atoms with Gasteiger partial charge in [-0.2, -0.15) is 0 Å². The predicted molar refractivity (Wildman–Crippen MR) is 115 cm³/mol. The van der Waals surface area contributed by atoms with E-state index in [0.717, 1.165) is 23.5 Å². The SMILES string of the molecule is CC(=O)NCCN(C)c1cccc(OCc2cccc(-c3ccccc3)c2)c1. The van der Waals surface area contributed by atoms with Gasteiger partial charge >= 0.3 is 0 Å². The Hall–Kier alpha value is -3.27. The first-order valence-electron chi connectivity index (χ1n) is 9.44. The van der Waals surface area contributed by atoms with Crippen molar-refractivity contribution in [3.05, 3.63) is 84.4 Å². The van der Waals surface area contributed by atoms with E-state index in [1.54, 1.807) is 0 Å². The summed E-state index contributed by atoms with van der Waals surface area (Å²) < 4.78 is 6.02. The first kappa shape index (κ1) is 19.5. The van der Waals surface area contributed by atoms with Gasteiger partial charge in [0.2, 0.25) is 5.91 Å². The molecule has 0 aliphatic rings. The lowest BCUT2D eigenvalue weighted by molar-refractivity contribution is -0.118. The summed E-state index contributed by atoms with van der Waals surface area (Å²) in [5.41, 5.74) is 4.58. The number of likely N-dealkylation sites (N-methyl/N-ethyl adjacent to an activating group) is 1. The van der Waals surface area contributed by atoms with Crippen LogP contribution in [0.4, 0.5) is 5.69 Å². The lowest BCUT2D eigenvalue weighted by atomic mass is 10.0. The van der Waals surface area contributed by atoms with E-state index in [-0.39, 0.29) is 5.91 Å². The summed E-state index contributed by atoms with van der Waals surface area (Å²) in [6.07, 6.45) is 0. The number of carbonyl (C=O) groups is 1. The van der Waals surface area contributed by atoms with Gasteiger partial charge in [-0.05, 0) is 34.9 Å². The molecule has 0 bridgehead atoms. The number of hydrogen-bond donors (Lipinski definition) is 1. The second-order valence-electron chi connectivity index (χ2n) is 6.76. The molecule has 0 radical (unpaired) electrons. The zero-order chi connectivity index (χ0) is 19.8. The van der Waals surface area contributed by atoms with Crippen molar-refractivity contribution >= 4 is 11.6 Å². The van der Waals surface area contributed by atoms with Crippen LogP contribution in [-0.4, -0.2) is 26.0 Å². The van der Waals surface area contributed by atoms with E-state index >= 15 is 0 Å². The summed E-state index contributed by atoms with van der Waals surface area (Å²) in [4.78, 5) is 13.1. The lowest BCUT2D eigenvalue weighted by Crippen LogP contribution is -2.31. The first-order chi connectivity index (χ1) is 13.6. The van der Waals surface area contributed by atoms with Crippen molar-refractivity contribution in [2.45, 2.75) is 13.5 Å². The molecule has 0 heterocycles. The van der Waals surface area contributed by atoms with Crippen LogP contribution in [0.25, 0.3) is 11.1 Å². The number of nitrogens with one attached hydrogen (secondary N) is 1. The summed E-state index contributed by atoms with van der Waals surface area (Å²) in [6, 6.07) is 26.8. The fourth-order valence-corrected chi connectivity index (χ4v) is 2.98. The van der Waals surface area contributed by atoms with E-state index in [2.05, 4.69) is 46.6 Å². The molecule has 1 N–H and O–H groups in total. The average Bonchev–Trinajstić information content (AvgIpc) is 2.73. The molecule has 0 aromatic heterocycles. The normalized spacial score (nSPS) is 10.4. The highest BCUT2D eigenvalue weighted by Crippen LogP contribution is 2.23. The van der Waals surface area contributed by atoms with Crippen molar-refractivity contribution in [2.75, 3.05) is 25.0 Å². The van der Waals surface area contributed by atoms with E-state index in [0.29, 0.717) is 13.2 Å². The van der Waals surface area contributed by atoms with E-state index in [1.165, 1.54) is 18.1 Å². The molecule has 28 heavy (non-hydrogen) atoms. The summed E-state index contributed by atoms with van der Waals surface area (Å²) in [5, 5.41) is 2.81. The van der Waals surface area contributed by atoms with E-state index < -0.39 is 0 Å². The second-order valence-corrected chi connectivity index (χ2v) is 6.76. The van der Waals surface area contributed by atoms with Crippen molar-refractivity contribution in [3.8, 4) is 16.9 Å². The molecule has 0 unspecified atom stereocenters. The third-order valence-electron chi connectivity index (χ3n) is 4.52. The molecule has 3 aromatic rings. The highest BCUT2D eigenvalue weighted by atomic mass is 16.5. The first-order valence-corrected chi connectivity index (χ1v) is 9.44. The molecule has 0 saturated heterocycles. The summed E-state index contributed by atoms with van der Waals surface area (Å²) in [6.45, 7) is 3.40. The number of amides is 1. The third-order valence-corrected chi connectivity index (χ3v) is 4.52. The molecule has 0 aliphatic carbocycles. The quantitative estimate of drug-likeness (QED) is 0.631. The van der Waals surface area contributed by atoms with Crippen LogP contribution in [0.1, 0.15) is 12.5 Å². The molecule has 144 valence electrons. The Labute approximate surface area is 166 Å². The Kier molecular flexibility index (Phi) is 6.68. The van der Waals surface area contributed by atoms with Gasteiger partial charge in [0, 0.05) is 38.8 Å². The van der Waals surface area contributed by atoms with Crippen molar-refractivity contribution in [1.82, 2.24) is 5.32 Å². The van der Waals surface area contributed by atoms with Gasteiger partial charge in [-0.15, -0.1) is 0 Å². The molecule has 0 fully saturated rings. The minimum absolute atomic E-state index is 0.0109. The van der Waals surface area contributed by atoms with Crippen LogP contribution in [0.5, 0.6) is 5.75 Å². The predicted octanol–water partition coefficient (Wildman–Crippen LogP) is 4.50. The molecule has 0 saturated carbocycles. The van der Waals surface area contributed by atoms with E-state index in [4.69, 9.17) is 4.74 Å². The monoisotopic (exact) mass is 374 g/mol. The van der Waals surface area contributed by atoms with Crippen LogP contribution in [0, 0.1) is 0 Å². The van der Waals surface area contributed by atoms with Gasteiger partial charge in [0.15, 0.2) is 0 Å². The molecular formula is C24H26N2O2. The highest BCUT2D eigenvalue weighted by molar-refractivity contribution is 5.72. The number of nitrogens with zero attached hydrogens (tertiary/aromatic N) is 1. The number of anilines is 1. The van der Waals surface area contributed by atoms with Crippen molar-refractivity contribution in [2.24, 2.45) is 0 Å². The second kappa shape index (κ2) is 9.60. The molecule has 4 nitrogen and oxygen atoms in total. The maximum absolute atomic E-state index is 11.0. The Morgan fingerprint density at radius 3 is 2.46 bits per heavy atom. The summed E-state index contributed by atoms with van der Waals surface area (Å²) >= 11 is 0. The molecule has 1 amide bonds. The standard InChI is InChI=1S/C24H26N2O2/c1-19(27)25-14-15-26(2)23-12-7-13-24(17-23)28-18-20-8-6-11-22(16-20)21-9-4-3-5-10-21/h3-13,16-17H,14-15,18H2,1-2H3,(H,25,27). The fraction of sp³-hybridized carbons (Fsp3) is 0.208. The van der Waals surface area contributed by atoms with Gasteiger partial charge in [-0.1, -0.05) is 54.6 Å². The largest absolute Gasteiger partial charge is 0.489 e. The van der Waals surface area contributed by atoms with E-state index in [9.17, 15) is 4.79 Å². The van der Waals surface area contributed by atoms with Crippen molar-refractivity contribution in [1.29, 1.82) is 0 Å². The Morgan fingerprint density at radius 1 is 0.929 bits per heavy atom. The Bertz CT molecular complexity index is 909. The van der Waals surface area contributed by atoms with Gasteiger partial charge in [0.25, 0.3) is 0 Å². The van der Waals surface area contributed by atoms with Crippen LogP contribution in [0.2, 0.25) is 0 Å². The molecule has 0 aliphatic heterocycles. The zero-order valence-corrected chi connectivity index (χ0v) is 16.4. The van der Waals surface area contributed by atoms with Gasteiger partial charge in [-0.3, -0.25) is 4.79 Å². The third kappa shape index (κ3) is 5.61. The van der Waals surface area contributed by atoms with Crippen LogP contribution >= 0.6 is 0 Å². The van der Waals surface area contributed by atoms with Crippen molar-refractivity contribution < 1.29 is 9.53 Å². The topological polar surface area (TPSA) is 41.6 Å². The summed E-state index contributed by atoms with van der Waals surface area (Å²) in [7, 11) is 2.00. The van der Waals surface area contributed by atoms with Crippen molar-refractivity contribution in [3.63, 3.8) is 0 Å². The number of carbonyl (C=O) groups excluding carboxylic acids is 1. The van der Waals surface area contributed by atoms with Crippen LogP contribution in [-0.2, 0) is 11.4 Å². The number of hydrogen-bond acceptors (Lipinski definition) is 3. The molecule has 0 spiro atoms. The molecule has 4 heteroatoms. The van der Waals surface area contributed by atoms with Gasteiger partial charge < -0.3 is 15.0 Å². The maximum Gasteiger partial charge on any atom is 0.216 e. The van der Waals surface area contributed by atoms with Crippen LogP contribution < -0.4 is 15.0 Å². The Balaban J connectivity index is 1.61. The molecular weight excluding hydrogens is 348 g/mol. The van der Waals surface area contributed by atoms with Crippen LogP contribution in [0.15, 0.2) is 78.9 Å². The van der Waals surface area contributed by atoms with Crippen LogP contribution in [0.3, 0.4) is 0 Å².